The third kappa shape index (κ3) is 3.77. The van der Waals surface area contributed by atoms with Crippen LogP contribution in [-0.2, 0) is 0 Å². The lowest BCUT2D eigenvalue weighted by Crippen LogP contribution is -2.06. The topological polar surface area (TPSA) is 25.8 Å². The van der Waals surface area contributed by atoms with Gasteiger partial charge in [0.15, 0.2) is 0 Å². The molecule has 2 atom stereocenters. The van der Waals surface area contributed by atoms with E-state index in [4.69, 9.17) is 0 Å². The fraction of sp³-hybridized carbons (Fsp3) is 0.333. The van der Waals surface area contributed by atoms with Crippen molar-refractivity contribution in [2.75, 3.05) is 0 Å². The molecule has 2 nitrogen and oxygen atoms in total. The Balaban J connectivity index is 2.24. The summed E-state index contributed by atoms with van der Waals surface area (Å²) in [7, 11) is 0. The van der Waals surface area contributed by atoms with Crippen LogP contribution in [0.5, 0.6) is 0 Å². The molecule has 0 saturated carbocycles. The van der Waals surface area contributed by atoms with Crippen molar-refractivity contribution in [1.82, 2.24) is 9.97 Å². The van der Waals surface area contributed by atoms with Gasteiger partial charge in [-0.3, -0.25) is 0 Å². The van der Waals surface area contributed by atoms with Crippen LogP contribution in [0.15, 0.2) is 54.7 Å². The first-order chi connectivity index (χ1) is 9.70. The summed E-state index contributed by atoms with van der Waals surface area (Å²) >= 11 is 0. The minimum absolute atomic E-state index is 0.301. The Bertz CT molecular complexity index is 565. The van der Waals surface area contributed by atoms with E-state index in [1.165, 1.54) is 0 Å². The van der Waals surface area contributed by atoms with Gasteiger partial charge in [0.05, 0.1) is 11.4 Å². The predicted octanol–water partition coefficient (Wildman–Crippen LogP) is 4.62. The molecule has 1 aromatic rings. The first kappa shape index (κ1) is 14.4. The number of aromatic nitrogens is 2. The zero-order valence-corrected chi connectivity index (χ0v) is 12.5. The third-order valence-electron chi connectivity index (χ3n) is 3.41. The lowest BCUT2D eigenvalue weighted by atomic mass is 9.95. The molecule has 0 fully saturated rings. The molecule has 0 N–H and O–H groups in total. The molecule has 2 unspecified atom stereocenters. The quantitative estimate of drug-likeness (QED) is 0.743. The highest BCUT2D eigenvalue weighted by molar-refractivity contribution is 5.27. The van der Waals surface area contributed by atoms with E-state index in [-0.39, 0.29) is 0 Å². The molecule has 1 aliphatic carbocycles. The molecule has 20 heavy (non-hydrogen) atoms. The molecule has 0 spiro atoms. The van der Waals surface area contributed by atoms with E-state index in [0.29, 0.717) is 11.8 Å². The maximum Gasteiger partial charge on any atom is 0.125 e. The van der Waals surface area contributed by atoms with Crippen LogP contribution in [0.3, 0.4) is 0 Å². The van der Waals surface area contributed by atoms with E-state index in [1.54, 1.807) is 0 Å². The molecule has 0 radical (unpaired) electrons. The highest BCUT2D eigenvalue weighted by Gasteiger charge is 2.14. The van der Waals surface area contributed by atoms with Crippen LogP contribution in [0.4, 0.5) is 0 Å². The van der Waals surface area contributed by atoms with Crippen molar-refractivity contribution in [1.29, 1.82) is 0 Å². The van der Waals surface area contributed by atoms with Gasteiger partial charge in [0.1, 0.15) is 5.82 Å². The largest absolute Gasteiger partial charge is 0.238 e. The van der Waals surface area contributed by atoms with E-state index < -0.39 is 0 Å². The summed E-state index contributed by atoms with van der Waals surface area (Å²) < 4.78 is 0. The third-order valence-corrected chi connectivity index (χ3v) is 3.41. The fourth-order valence-corrected chi connectivity index (χ4v) is 2.28. The minimum atomic E-state index is 0.301. The molecule has 0 aliphatic heterocycles. The smallest absolute Gasteiger partial charge is 0.125 e. The monoisotopic (exact) mass is 266 g/mol. The summed E-state index contributed by atoms with van der Waals surface area (Å²) in [5.74, 6) is 1.54. The Morgan fingerprint density at radius 1 is 1.25 bits per heavy atom. The van der Waals surface area contributed by atoms with Crippen molar-refractivity contribution in [2.24, 2.45) is 0 Å². The van der Waals surface area contributed by atoms with Gasteiger partial charge in [-0.2, -0.15) is 0 Å². The molecule has 1 heterocycles. The number of rotatable bonds is 4. The van der Waals surface area contributed by atoms with Gasteiger partial charge >= 0.3 is 0 Å². The number of hydrogen-bond acceptors (Lipinski definition) is 2. The summed E-state index contributed by atoms with van der Waals surface area (Å²) in [5.41, 5.74) is 2.22. The number of allylic oxidation sites excluding steroid dienone is 8. The average Bonchev–Trinajstić information content (AvgIpc) is 2.47. The zero-order valence-electron chi connectivity index (χ0n) is 12.5. The summed E-state index contributed by atoms with van der Waals surface area (Å²) in [4.78, 5) is 9.18. The van der Waals surface area contributed by atoms with Crippen molar-refractivity contribution in [3.63, 3.8) is 0 Å². The Kier molecular flexibility index (Phi) is 5.05. The van der Waals surface area contributed by atoms with Gasteiger partial charge < -0.3 is 0 Å². The van der Waals surface area contributed by atoms with Crippen LogP contribution in [-0.4, -0.2) is 9.97 Å². The van der Waals surface area contributed by atoms with Crippen LogP contribution in [0.2, 0.25) is 0 Å². The summed E-state index contributed by atoms with van der Waals surface area (Å²) in [5, 5.41) is 0. The van der Waals surface area contributed by atoms with E-state index in [1.807, 2.05) is 26.0 Å². The molecule has 0 bridgehead atoms. The molecular weight excluding hydrogens is 244 g/mol. The van der Waals surface area contributed by atoms with E-state index in [0.717, 1.165) is 23.6 Å². The molecule has 2 rings (SSSR count). The average molecular weight is 266 g/mol. The highest BCUT2D eigenvalue weighted by Crippen LogP contribution is 2.25. The number of hydrogen-bond donors (Lipinski definition) is 0. The molecule has 0 saturated heterocycles. The van der Waals surface area contributed by atoms with Gasteiger partial charge in [-0.1, -0.05) is 55.5 Å². The van der Waals surface area contributed by atoms with Crippen molar-refractivity contribution in [3.8, 4) is 0 Å². The van der Waals surface area contributed by atoms with Gasteiger partial charge in [0, 0.05) is 11.8 Å². The van der Waals surface area contributed by atoms with Crippen LogP contribution < -0.4 is 0 Å². The molecule has 1 aromatic heterocycles. The second-order valence-electron chi connectivity index (χ2n) is 5.12. The standard InChI is InChI=1S/C18H22N2/c1-4-5-7-10-14(2)17-13-18(20-15(3)19-17)16-11-8-6-9-12-16/h4-11,13-14,16H,12H2,1-3H3/b5-4-,10-7-. The normalized spacial score (nSPS) is 20.1. The summed E-state index contributed by atoms with van der Waals surface area (Å²) in [6.07, 6.45) is 17.9. The van der Waals surface area contributed by atoms with E-state index >= 15 is 0 Å². The number of aryl methyl sites for hydroxylation is 1. The van der Waals surface area contributed by atoms with Gasteiger partial charge in [-0.15, -0.1) is 0 Å². The van der Waals surface area contributed by atoms with Crippen molar-refractivity contribution >= 4 is 0 Å². The summed E-state index contributed by atoms with van der Waals surface area (Å²) in [6, 6.07) is 2.14. The van der Waals surface area contributed by atoms with Crippen molar-refractivity contribution in [2.45, 2.75) is 39.0 Å². The van der Waals surface area contributed by atoms with Crippen LogP contribution in [0.25, 0.3) is 0 Å². The maximum absolute atomic E-state index is 4.60. The molecular formula is C18H22N2. The zero-order chi connectivity index (χ0) is 14.4. The van der Waals surface area contributed by atoms with Crippen LogP contribution in [0.1, 0.15) is 49.3 Å². The van der Waals surface area contributed by atoms with Crippen LogP contribution in [0, 0.1) is 6.92 Å². The van der Waals surface area contributed by atoms with Crippen LogP contribution >= 0.6 is 0 Å². The molecule has 104 valence electrons. The van der Waals surface area contributed by atoms with Crippen molar-refractivity contribution in [3.05, 3.63) is 71.9 Å². The fourth-order valence-electron chi connectivity index (χ4n) is 2.28. The first-order valence-corrected chi connectivity index (χ1v) is 7.19. The van der Waals surface area contributed by atoms with Gasteiger partial charge in [0.2, 0.25) is 0 Å². The van der Waals surface area contributed by atoms with E-state index in [9.17, 15) is 0 Å². The second-order valence-corrected chi connectivity index (χ2v) is 5.12. The molecule has 1 aliphatic rings. The second kappa shape index (κ2) is 6.99. The molecule has 2 heteroatoms. The minimum Gasteiger partial charge on any atom is -0.238 e. The van der Waals surface area contributed by atoms with Gasteiger partial charge in [-0.05, 0) is 26.3 Å². The number of nitrogens with zero attached hydrogens (tertiary/aromatic N) is 2. The Hall–Kier alpha value is -1.96. The Morgan fingerprint density at radius 3 is 2.80 bits per heavy atom. The van der Waals surface area contributed by atoms with Crippen molar-refractivity contribution < 1.29 is 0 Å². The first-order valence-electron chi connectivity index (χ1n) is 7.19. The lowest BCUT2D eigenvalue weighted by molar-refractivity contribution is 0.772. The van der Waals surface area contributed by atoms with E-state index in [2.05, 4.69) is 59.4 Å². The Morgan fingerprint density at radius 2 is 2.10 bits per heavy atom. The maximum atomic E-state index is 4.60. The lowest BCUT2D eigenvalue weighted by Gasteiger charge is -2.15. The van der Waals surface area contributed by atoms with Gasteiger partial charge in [0.25, 0.3) is 0 Å². The molecule has 0 aromatic carbocycles. The SMILES string of the molecule is C/C=C\C=C/C(C)c1cc(C2C=CC=CC2)nc(C)n1. The Labute approximate surface area is 121 Å². The van der Waals surface area contributed by atoms with Gasteiger partial charge in [-0.25, -0.2) is 9.97 Å². The summed E-state index contributed by atoms with van der Waals surface area (Å²) in [6.45, 7) is 6.16. The predicted molar refractivity (Wildman–Crippen MR) is 84.8 cm³/mol. The molecule has 0 amide bonds. The highest BCUT2D eigenvalue weighted by atomic mass is 14.9.